The summed E-state index contributed by atoms with van der Waals surface area (Å²) in [7, 11) is 0. The van der Waals surface area contributed by atoms with Crippen LogP contribution in [0.15, 0.2) is 42.5 Å². The molecule has 0 saturated carbocycles. The van der Waals surface area contributed by atoms with Crippen molar-refractivity contribution in [2.24, 2.45) is 0 Å². The first-order valence-electron chi connectivity index (χ1n) is 9.91. The maximum atomic E-state index is 12.4. The van der Waals surface area contributed by atoms with Crippen molar-refractivity contribution in [1.82, 2.24) is 5.32 Å². The molecule has 0 radical (unpaired) electrons. The fraction of sp³-hybridized carbons (Fsp3) is 0.435. The molecule has 0 aliphatic heterocycles. The summed E-state index contributed by atoms with van der Waals surface area (Å²) in [6.07, 6.45) is 4.89. The molecule has 1 aliphatic rings. The minimum atomic E-state index is -0.481. The topological polar surface area (TPSA) is 47.6 Å². The Morgan fingerprint density at radius 2 is 1.89 bits per heavy atom. The molecule has 1 aliphatic carbocycles. The number of hydrogen-bond donors (Lipinski definition) is 1. The molecule has 4 heteroatoms. The van der Waals surface area contributed by atoms with E-state index in [1.165, 1.54) is 24.0 Å². The van der Waals surface area contributed by atoms with Gasteiger partial charge in [0, 0.05) is 0 Å². The third-order valence-corrected chi connectivity index (χ3v) is 4.92. The molecule has 144 valence electrons. The van der Waals surface area contributed by atoms with Crippen LogP contribution in [0, 0.1) is 6.92 Å². The Bertz CT molecular complexity index is 772. The number of hydrogen-bond acceptors (Lipinski definition) is 3. The van der Waals surface area contributed by atoms with Crippen LogP contribution in [0.25, 0.3) is 0 Å². The first-order chi connectivity index (χ1) is 13.2. The van der Waals surface area contributed by atoms with Crippen molar-refractivity contribution in [3.63, 3.8) is 0 Å². The molecular weight excluding hydrogens is 338 g/mol. The molecule has 0 spiro atoms. The van der Waals surface area contributed by atoms with Crippen molar-refractivity contribution in [2.75, 3.05) is 13.2 Å². The molecule has 3 rings (SSSR count). The Hall–Kier alpha value is -2.49. The third-order valence-electron chi connectivity index (χ3n) is 4.92. The van der Waals surface area contributed by atoms with E-state index in [4.69, 9.17) is 9.47 Å². The summed E-state index contributed by atoms with van der Waals surface area (Å²) in [5.41, 5.74) is 3.93. The van der Waals surface area contributed by atoms with E-state index < -0.39 is 6.10 Å². The first-order valence-corrected chi connectivity index (χ1v) is 9.91. The van der Waals surface area contributed by atoms with Crippen LogP contribution in [0.2, 0.25) is 0 Å². The first kappa shape index (κ1) is 19.3. The summed E-state index contributed by atoms with van der Waals surface area (Å²) in [6.45, 7) is 4.88. The molecular formula is C23H29NO3. The van der Waals surface area contributed by atoms with Gasteiger partial charge in [0.05, 0.1) is 6.54 Å². The van der Waals surface area contributed by atoms with E-state index in [2.05, 4.69) is 17.4 Å². The highest BCUT2D eigenvalue weighted by molar-refractivity contribution is 5.81. The average Bonchev–Trinajstić information content (AvgIpc) is 2.69. The van der Waals surface area contributed by atoms with Crippen molar-refractivity contribution >= 4 is 5.91 Å². The molecule has 0 saturated heterocycles. The minimum Gasteiger partial charge on any atom is -0.492 e. The van der Waals surface area contributed by atoms with Gasteiger partial charge in [-0.25, -0.2) is 0 Å². The van der Waals surface area contributed by atoms with Crippen LogP contribution in [0.3, 0.4) is 0 Å². The molecule has 0 fully saturated rings. The van der Waals surface area contributed by atoms with Gasteiger partial charge < -0.3 is 14.8 Å². The van der Waals surface area contributed by atoms with E-state index in [-0.39, 0.29) is 5.91 Å². The van der Waals surface area contributed by atoms with Crippen LogP contribution < -0.4 is 14.8 Å². The number of aryl methyl sites for hydroxylation is 3. The van der Waals surface area contributed by atoms with Crippen molar-refractivity contribution < 1.29 is 14.3 Å². The number of nitrogens with one attached hydrogen (secondary N) is 1. The van der Waals surface area contributed by atoms with Gasteiger partial charge in [-0.3, -0.25) is 4.79 Å². The summed E-state index contributed by atoms with van der Waals surface area (Å²) >= 11 is 0. The van der Waals surface area contributed by atoms with E-state index in [1.807, 2.05) is 44.2 Å². The van der Waals surface area contributed by atoms with Gasteiger partial charge >= 0.3 is 0 Å². The lowest BCUT2D eigenvalue weighted by atomic mass is 9.92. The van der Waals surface area contributed by atoms with Crippen LogP contribution in [0.4, 0.5) is 0 Å². The van der Waals surface area contributed by atoms with Crippen LogP contribution in [-0.4, -0.2) is 25.2 Å². The van der Waals surface area contributed by atoms with Gasteiger partial charge in [0.15, 0.2) is 6.10 Å². The number of rotatable bonds is 8. The predicted octanol–water partition coefficient (Wildman–Crippen LogP) is 4.23. The number of benzene rings is 2. The van der Waals surface area contributed by atoms with Gasteiger partial charge in [-0.15, -0.1) is 0 Å². The zero-order valence-electron chi connectivity index (χ0n) is 16.3. The zero-order chi connectivity index (χ0) is 19.1. The maximum Gasteiger partial charge on any atom is 0.261 e. The fourth-order valence-electron chi connectivity index (χ4n) is 3.43. The Labute approximate surface area is 161 Å². The van der Waals surface area contributed by atoms with Gasteiger partial charge in [0.1, 0.15) is 18.1 Å². The van der Waals surface area contributed by atoms with E-state index in [1.54, 1.807) is 0 Å². The zero-order valence-corrected chi connectivity index (χ0v) is 16.3. The van der Waals surface area contributed by atoms with Crippen LogP contribution in [0.1, 0.15) is 42.9 Å². The maximum absolute atomic E-state index is 12.4. The highest BCUT2D eigenvalue weighted by atomic mass is 16.5. The largest absolute Gasteiger partial charge is 0.492 e. The van der Waals surface area contributed by atoms with Crippen molar-refractivity contribution in [3.8, 4) is 11.5 Å². The number of carbonyl (C=O) groups excluding carboxylic acids is 1. The molecule has 1 atom stereocenters. The predicted molar refractivity (Wildman–Crippen MR) is 107 cm³/mol. The highest BCUT2D eigenvalue weighted by Gasteiger charge is 2.19. The van der Waals surface area contributed by atoms with Crippen LogP contribution >= 0.6 is 0 Å². The molecule has 2 aromatic rings. The van der Waals surface area contributed by atoms with E-state index in [9.17, 15) is 4.79 Å². The lowest BCUT2D eigenvalue weighted by Crippen LogP contribution is -2.39. The average molecular weight is 367 g/mol. The second kappa shape index (κ2) is 9.45. The molecule has 4 nitrogen and oxygen atoms in total. The molecule has 1 N–H and O–H groups in total. The quantitative estimate of drug-likeness (QED) is 0.711. The van der Waals surface area contributed by atoms with Crippen LogP contribution in [0.5, 0.6) is 11.5 Å². The Morgan fingerprint density at radius 1 is 1.07 bits per heavy atom. The highest BCUT2D eigenvalue weighted by Crippen LogP contribution is 2.26. The van der Waals surface area contributed by atoms with Gasteiger partial charge in [0.2, 0.25) is 0 Å². The Balaban J connectivity index is 1.47. The molecule has 2 aromatic carbocycles. The SMILES string of the molecule is CC[C@@H](Oc1ccc2c(c1)CCCC2)C(=O)NCCOc1cccc(C)c1. The Kier molecular flexibility index (Phi) is 6.74. The van der Waals surface area contributed by atoms with E-state index in [0.717, 1.165) is 29.9 Å². The molecule has 0 unspecified atom stereocenters. The standard InChI is InChI=1S/C23H29NO3/c1-3-22(27-21-12-11-18-8-4-5-9-19(18)16-21)23(25)24-13-14-26-20-10-6-7-17(2)15-20/h6-7,10-12,15-16,22H,3-5,8-9,13-14H2,1-2H3,(H,24,25)/t22-/m1/s1. The van der Waals surface area contributed by atoms with Gasteiger partial charge in [-0.2, -0.15) is 0 Å². The molecule has 0 heterocycles. The van der Waals surface area contributed by atoms with E-state index in [0.29, 0.717) is 19.6 Å². The molecule has 27 heavy (non-hydrogen) atoms. The van der Waals surface area contributed by atoms with Gasteiger partial charge in [-0.05, 0) is 80.0 Å². The van der Waals surface area contributed by atoms with Crippen molar-refractivity contribution in [2.45, 2.75) is 52.1 Å². The fourth-order valence-corrected chi connectivity index (χ4v) is 3.43. The second-order valence-corrected chi connectivity index (χ2v) is 7.11. The van der Waals surface area contributed by atoms with Crippen LogP contribution in [-0.2, 0) is 17.6 Å². The molecule has 1 amide bonds. The summed E-state index contributed by atoms with van der Waals surface area (Å²) < 4.78 is 11.6. The number of fused-ring (bicyclic) bond motifs is 1. The lowest BCUT2D eigenvalue weighted by Gasteiger charge is -2.20. The normalized spacial score (nSPS) is 14.1. The smallest absolute Gasteiger partial charge is 0.261 e. The van der Waals surface area contributed by atoms with E-state index >= 15 is 0 Å². The summed E-state index contributed by atoms with van der Waals surface area (Å²) in [5, 5.41) is 2.91. The number of carbonyl (C=O) groups is 1. The Morgan fingerprint density at radius 3 is 2.67 bits per heavy atom. The van der Waals surface area contributed by atoms with Gasteiger partial charge in [-0.1, -0.05) is 25.1 Å². The summed E-state index contributed by atoms with van der Waals surface area (Å²) in [4.78, 5) is 12.4. The monoisotopic (exact) mass is 367 g/mol. The van der Waals surface area contributed by atoms with Gasteiger partial charge in [0.25, 0.3) is 5.91 Å². The second-order valence-electron chi connectivity index (χ2n) is 7.11. The van der Waals surface area contributed by atoms with Crippen molar-refractivity contribution in [3.05, 3.63) is 59.2 Å². The number of amides is 1. The summed E-state index contributed by atoms with van der Waals surface area (Å²) in [6, 6.07) is 14.1. The molecule has 0 aromatic heterocycles. The third kappa shape index (κ3) is 5.49. The summed E-state index contributed by atoms with van der Waals surface area (Å²) in [5.74, 6) is 1.51. The molecule has 0 bridgehead atoms. The minimum absolute atomic E-state index is 0.0944. The lowest BCUT2D eigenvalue weighted by molar-refractivity contribution is -0.128. The number of ether oxygens (including phenoxy) is 2. The van der Waals surface area contributed by atoms with Crippen molar-refractivity contribution in [1.29, 1.82) is 0 Å².